The van der Waals surface area contributed by atoms with Crippen LogP contribution in [0.1, 0.15) is 18.1 Å². The fraction of sp³-hybridized carbons (Fsp3) is 0.500. The lowest BCUT2D eigenvalue weighted by molar-refractivity contribution is -0.144. The second-order valence-corrected chi connectivity index (χ2v) is 4.38. The molecule has 0 fully saturated rings. The number of carboxylic acid groups (broad SMARTS) is 1. The van der Waals surface area contributed by atoms with Crippen molar-refractivity contribution >= 4 is 5.97 Å². The number of aliphatic carboxylic acids is 1. The Bertz CT molecular complexity index is 420. The average molecular weight is 267 g/mol. The predicted octanol–water partition coefficient (Wildman–Crippen LogP) is 1.58. The normalized spacial score (nSPS) is 12.2. The summed E-state index contributed by atoms with van der Waals surface area (Å²) in [4.78, 5) is 10.8. The Morgan fingerprint density at radius 2 is 2.21 bits per heavy atom. The average Bonchev–Trinajstić information content (AvgIpc) is 2.37. The minimum Gasteiger partial charge on any atom is -0.479 e. The van der Waals surface area contributed by atoms with Crippen molar-refractivity contribution in [1.82, 2.24) is 5.32 Å². The first kappa shape index (κ1) is 15.5. The summed E-state index contributed by atoms with van der Waals surface area (Å²) >= 11 is 0. The molecule has 1 unspecified atom stereocenters. The van der Waals surface area contributed by atoms with Gasteiger partial charge >= 0.3 is 5.97 Å². The van der Waals surface area contributed by atoms with Crippen molar-refractivity contribution in [3.63, 3.8) is 0 Å². The summed E-state index contributed by atoms with van der Waals surface area (Å²) in [5.41, 5.74) is 2.06. The van der Waals surface area contributed by atoms with Crippen LogP contribution in [0.4, 0.5) is 0 Å². The third-order valence-electron chi connectivity index (χ3n) is 2.67. The van der Waals surface area contributed by atoms with E-state index in [2.05, 4.69) is 5.32 Å². The van der Waals surface area contributed by atoms with E-state index >= 15 is 0 Å². The second kappa shape index (κ2) is 7.76. The van der Waals surface area contributed by atoms with E-state index in [-0.39, 0.29) is 0 Å². The summed E-state index contributed by atoms with van der Waals surface area (Å²) in [5.74, 6) is -0.371. The van der Waals surface area contributed by atoms with Crippen molar-refractivity contribution in [2.45, 2.75) is 26.5 Å². The van der Waals surface area contributed by atoms with Crippen molar-refractivity contribution in [2.75, 3.05) is 20.3 Å². The summed E-state index contributed by atoms with van der Waals surface area (Å²) < 4.78 is 10.4. The molecule has 0 spiro atoms. The number of methoxy groups -OCH3 is 1. The first-order chi connectivity index (χ1) is 9.04. The molecule has 1 atom stereocenters. The quantitative estimate of drug-likeness (QED) is 0.700. The predicted molar refractivity (Wildman–Crippen MR) is 72.5 cm³/mol. The number of nitrogens with one attached hydrogen (secondary N) is 1. The van der Waals surface area contributed by atoms with Gasteiger partial charge in [0.2, 0.25) is 0 Å². The monoisotopic (exact) mass is 267 g/mol. The van der Waals surface area contributed by atoms with Gasteiger partial charge < -0.3 is 19.9 Å². The Labute approximate surface area is 113 Å². The Hall–Kier alpha value is -1.59. The molecule has 1 rings (SSSR count). The van der Waals surface area contributed by atoms with Crippen LogP contribution < -0.4 is 10.1 Å². The molecule has 0 bridgehead atoms. The Morgan fingerprint density at radius 1 is 1.47 bits per heavy atom. The summed E-state index contributed by atoms with van der Waals surface area (Å²) in [5, 5.41) is 12.1. The molecule has 106 valence electrons. The van der Waals surface area contributed by atoms with Crippen LogP contribution in [0.15, 0.2) is 18.2 Å². The fourth-order valence-corrected chi connectivity index (χ4v) is 1.60. The minimum absolute atomic E-state index is 0.602. The molecule has 0 amide bonds. The molecule has 5 nitrogen and oxygen atoms in total. The van der Waals surface area contributed by atoms with Gasteiger partial charge in [-0.25, -0.2) is 4.79 Å². The molecule has 0 radical (unpaired) electrons. The zero-order chi connectivity index (χ0) is 14.3. The molecule has 19 heavy (non-hydrogen) atoms. The van der Waals surface area contributed by atoms with Crippen molar-refractivity contribution in [1.29, 1.82) is 0 Å². The highest BCUT2D eigenvalue weighted by Crippen LogP contribution is 2.21. The van der Waals surface area contributed by atoms with Crippen molar-refractivity contribution in [2.24, 2.45) is 0 Å². The van der Waals surface area contributed by atoms with Gasteiger partial charge in [0, 0.05) is 25.8 Å². The van der Waals surface area contributed by atoms with Crippen LogP contribution in [-0.4, -0.2) is 37.4 Å². The zero-order valence-corrected chi connectivity index (χ0v) is 11.6. The standard InChI is InChI=1S/C14H21NO4/c1-10-4-5-13(19-11(2)14(16)17)12(8-10)9-15-6-7-18-3/h4-5,8,11,15H,6-7,9H2,1-3H3,(H,16,17). The molecule has 0 aliphatic heterocycles. The van der Waals surface area contributed by atoms with E-state index < -0.39 is 12.1 Å². The third-order valence-corrected chi connectivity index (χ3v) is 2.67. The van der Waals surface area contributed by atoms with Gasteiger partial charge in [-0.3, -0.25) is 0 Å². The van der Waals surface area contributed by atoms with Gasteiger partial charge in [-0.1, -0.05) is 17.7 Å². The molecule has 0 saturated heterocycles. The van der Waals surface area contributed by atoms with Gasteiger partial charge in [0.1, 0.15) is 5.75 Å². The number of hydrogen-bond acceptors (Lipinski definition) is 4. The van der Waals surface area contributed by atoms with Crippen LogP contribution >= 0.6 is 0 Å². The van der Waals surface area contributed by atoms with Gasteiger partial charge in [0.15, 0.2) is 6.10 Å². The number of hydrogen-bond donors (Lipinski definition) is 2. The number of rotatable bonds is 8. The molecule has 0 aromatic heterocycles. The molecule has 0 heterocycles. The maximum absolute atomic E-state index is 10.8. The lowest BCUT2D eigenvalue weighted by Gasteiger charge is -2.15. The van der Waals surface area contributed by atoms with Crippen molar-refractivity contribution in [3.05, 3.63) is 29.3 Å². The molecule has 0 aliphatic rings. The molecule has 1 aromatic rings. The van der Waals surface area contributed by atoms with Crippen LogP contribution in [0.5, 0.6) is 5.75 Å². The first-order valence-electron chi connectivity index (χ1n) is 6.23. The number of benzene rings is 1. The van der Waals surface area contributed by atoms with E-state index in [1.807, 2.05) is 25.1 Å². The number of carbonyl (C=O) groups is 1. The second-order valence-electron chi connectivity index (χ2n) is 4.38. The SMILES string of the molecule is COCCNCc1cc(C)ccc1OC(C)C(=O)O. The lowest BCUT2D eigenvalue weighted by Crippen LogP contribution is -2.24. The van der Waals surface area contributed by atoms with Crippen LogP contribution in [-0.2, 0) is 16.1 Å². The first-order valence-corrected chi connectivity index (χ1v) is 6.23. The summed E-state index contributed by atoms with van der Waals surface area (Å²) in [6.45, 7) is 5.49. The molecular formula is C14H21NO4. The van der Waals surface area contributed by atoms with Gasteiger partial charge in [-0.15, -0.1) is 0 Å². The Kier molecular flexibility index (Phi) is 6.32. The molecular weight excluding hydrogens is 246 g/mol. The number of carboxylic acids is 1. The van der Waals surface area contributed by atoms with E-state index in [0.29, 0.717) is 18.9 Å². The highest BCUT2D eigenvalue weighted by molar-refractivity contribution is 5.72. The maximum atomic E-state index is 10.8. The molecule has 5 heteroatoms. The maximum Gasteiger partial charge on any atom is 0.344 e. The largest absolute Gasteiger partial charge is 0.479 e. The van der Waals surface area contributed by atoms with Crippen molar-refractivity contribution in [3.8, 4) is 5.75 Å². The van der Waals surface area contributed by atoms with E-state index in [4.69, 9.17) is 14.6 Å². The highest BCUT2D eigenvalue weighted by atomic mass is 16.5. The molecule has 1 aromatic carbocycles. The highest BCUT2D eigenvalue weighted by Gasteiger charge is 2.14. The van der Waals surface area contributed by atoms with Crippen LogP contribution in [0.25, 0.3) is 0 Å². The van der Waals surface area contributed by atoms with Gasteiger partial charge in [-0.2, -0.15) is 0 Å². The van der Waals surface area contributed by atoms with Gasteiger partial charge in [-0.05, 0) is 19.9 Å². The van der Waals surface area contributed by atoms with Crippen molar-refractivity contribution < 1.29 is 19.4 Å². The fourth-order valence-electron chi connectivity index (χ4n) is 1.60. The van der Waals surface area contributed by atoms with Gasteiger partial charge in [0.25, 0.3) is 0 Å². The van der Waals surface area contributed by atoms with E-state index in [1.54, 1.807) is 7.11 Å². The summed E-state index contributed by atoms with van der Waals surface area (Å²) in [7, 11) is 1.65. The lowest BCUT2D eigenvalue weighted by atomic mass is 10.1. The molecule has 0 aliphatic carbocycles. The zero-order valence-electron chi connectivity index (χ0n) is 11.6. The van der Waals surface area contributed by atoms with Crippen LogP contribution in [0.2, 0.25) is 0 Å². The number of aryl methyl sites for hydroxylation is 1. The Balaban J connectivity index is 2.71. The summed E-state index contributed by atoms with van der Waals surface area (Å²) in [6, 6.07) is 5.70. The van der Waals surface area contributed by atoms with Gasteiger partial charge in [0.05, 0.1) is 6.61 Å². The topological polar surface area (TPSA) is 67.8 Å². The van der Waals surface area contributed by atoms with Crippen LogP contribution in [0.3, 0.4) is 0 Å². The summed E-state index contributed by atoms with van der Waals surface area (Å²) in [6.07, 6.45) is -0.861. The van der Waals surface area contributed by atoms with E-state index in [0.717, 1.165) is 17.7 Å². The Morgan fingerprint density at radius 3 is 2.84 bits per heavy atom. The smallest absolute Gasteiger partial charge is 0.344 e. The molecule has 0 saturated carbocycles. The van der Waals surface area contributed by atoms with E-state index in [1.165, 1.54) is 6.92 Å². The third kappa shape index (κ3) is 5.28. The van der Waals surface area contributed by atoms with E-state index in [9.17, 15) is 4.79 Å². The number of ether oxygens (including phenoxy) is 2. The minimum atomic E-state index is -0.973. The molecule has 2 N–H and O–H groups in total. The van der Waals surface area contributed by atoms with Crippen LogP contribution in [0, 0.1) is 6.92 Å².